The summed E-state index contributed by atoms with van der Waals surface area (Å²) in [5.74, 6) is 1.80. The topological polar surface area (TPSA) is 108 Å². The lowest BCUT2D eigenvalue weighted by Crippen LogP contribution is -2.40. The molecule has 0 aliphatic carbocycles. The third-order valence-corrected chi connectivity index (χ3v) is 8.72. The Bertz CT molecular complexity index is 1630. The molecule has 1 fully saturated rings. The predicted octanol–water partition coefficient (Wildman–Crippen LogP) is 6.49. The van der Waals surface area contributed by atoms with Crippen LogP contribution in [-0.4, -0.2) is 55.1 Å². The first-order valence-corrected chi connectivity index (χ1v) is 16.1. The maximum Gasteiger partial charge on any atom is 0.241 e. The second-order valence-electron chi connectivity index (χ2n) is 11.9. The largest absolute Gasteiger partial charge is 0.492 e. The number of benzene rings is 3. The average Bonchev–Trinajstić information content (AvgIpc) is 3.49. The zero-order valence-electron chi connectivity index (χ0n) is 25.2. The summed E-state index contributed by atoms with van der Waals surface area (Å²) < 4.78 is 35.3. The molecule has 4 aromatic rings. The standard InChI is InChI=1S/C33H40N6O3S/c1-24-23-34-32(36-27-12-14-29(15-13-27)42-19-18-39-16-8-9-17-39)37-31(24)35-28-20-26(25-10-6-5-7-11-25)21-30(22-28)43(40,41)38-33(2,3)4/h5-7,10-15,20-23,38H,8-9,16-19H2,1-4H3,(H2,34,35,36,37). The van der Waals surface area contributed by atoms with E-state index < -0.39 is 15.6 Å². The van der Waals surface area contributed by atoms with E-state index in [0.29, 0.717) is 24.1 Å². The van der Waals surface area contributed by atoms with Gasteiger partial charge in [0, 0.05) is 35.2 Å². The zero-order valence-corrected chi connectivity index (χ0v) is 26.0. The molecule has 43 heavy (non-hydrogen) atoms. The predicted molar refractivity (Wildman–Crippen MR) is 173 cm³/mol. The number of rotatable bonds is 11. The van der Waals surface area contributed by atoms with E-state index >= 15 is 0 Å². The second-order valence-corrected chi connectivity index (χ2v) is 13.5. The molecule has 3 N–H and O–H groups in total. The summed E-state index contributed by atoms with van der Waals surface area (Å²) >= 11 is 0. The van der Waals surface area contributed by atoms with Crippen molar-refractivity contribution in [2.24, 2.45) is 0 Å². The summed E-state index contributed by atoms with van der Waals surface area (Å²) in [5.41, 5.74) is 3.29. The van der Waals surface area contributed by atoms with E-state index in [1.54, 1.807) is 18.3 Å². The van der Waals surface area contributed by atoms with Gasteiger partial charge in [0.05, 0.1) is 4.90 Å². The minimum atomic E-state index is -3.78. The zero-order chi connectivity index (χ0) is 30.5. The lowest BCUT2D eigenvalue weighted by Gasteiger charge is -2.21. The molecule has 0 saturated carbocycles. The van der Waals surface area contributed by atoms with Gasteiger partial charge in [0.1, 0.15) is 18.2 Å². The van der Waals surface area contributed by atoms with Crippen molar-refractivity contribution in [3.05, 3.63) is 84.6 Å². The van der Waals surface area contributed by atoms with Crippen molar-refractivity contribution in [2.75, 3.05) is 36.9 Å². The van der Waals surface area contributed by atoms with Crippen LogP contribution in [0.25, 0.3) is 11.1 Å². The van der Waals surface area contributed by atoms with Crippen molar-refractivity contribution in [3.63, 3.8) is 0 Å². The lowest BCUT2D eigenvalue weighted by atomic mass is 10.1. The van der Waals surface area contributed by atoms with Crippen LogP contribution in [0.3, 0.4) is 0 Å². The molecule has 5 rings (SSSR count). The molecule has 9 nitrogen and oxygen atoms in total. The number of aryl methyl sites for hydroxylation is 1. The van der Waals surface area contributed by atoms with Crippen molar-refractivity contribution in [3.8, 4) is 16.9 Å². The van der Waals surface area contributed by atoms with Gasteiger partial charge in [-0.25, -0.2) is 18.1 Å². The van der Waals surface area contributed by atoms with Gasteiger partial charge >= 0.3 is 0 Å². The third-order valence-electron chi connectivity index (χ3n) is 6.98. The fourth-order valence-corrected chi connectivity index (χ4v) is 6.40. The normalized spacial score (nSPS) is 14.0. The number of sulfonamides is 1. The molecule has 0 amide bonds. The Balaban J connectivity index is 1.34. The molecule has 2 heterocycles. The molecule has 0 radical (unpaired) electrons. The molecule has 10 heteroatoms. The minimum absolute atomic E-state index is 0.166. The highest BCUT2D eigenvalue weighted by Crippen LogP contribution is 2.30. The molecule has 0 spiro atoms. The molecule has 1 aliphatic rings. The van der Waals surface area contributed by atoms with E-state index in [0.717, 1.165) is 47.8 Å². The first-order valence-electron chi connectivity index (χ1n) is 14.6. The highest BCUT2D eigenvalue weighted by Gasteiger charge is 2.23. The Labute approximate surface area is 254 Å². The van der Waals surface area contributed by atoms with E-state index in [2.05, 4.69) is 25.2 Å². The van der Waals surface area contributed by atoms with Crippen molar-refractivity contribution in [2.45, 2.75) is 51.0 Å². The van der Waals surface area contributed by atoms with E-state index in [4.69, 9.17) is 9.72 Å². The molecule has 0 atom stereocenters. The summed E-state index contributed by atoms with van der Waals surface area (Å²) in [5, 5.41) is 6.58. The van der Waals surface area contributed by atoms with Crippen LogP contribution in [0.2, 0.25) is 0 Å². The molecular formula is C33H40N6O3S. The third kappa shape index (κ3) is 8.53. The highest BCUT2D eigenvalue weighted by molar-refractivity contribution is 7.89. The van der Waals surface area contributed by atoms with E-state index in [1.165, 1.54) is 12.8 Å². The van der Waals surface area contributed by atoms with Crippen LogP contribution in [-0.2, 0) is 10.0 Å². The van der Waals surface area contributed by atoms with E-state index in [-0.39, 0.29) is 4.90 Å². The van der Waals surface area contributed by atoms with Crippen LogP contribution >= 0.6 is 0 Å². The van der Waals surface area contributed by atoms with Crippen LogP contribution in [0.4, 0.5) is 23.1 Å². The first-order chi connectivity index (χ1) is 20.5. The van der Waals surface area contributed by atoms with Gasteiger partial charge in [0.2, 0.25) is 16.0 Å². The minimum Gasteiger partial charge on any atom is -0.492 e. The monoisotopic (exact) mass is 600 g/mol. The summed E-state index contributed by atoms with van der Waals surface area (Å²) in [6.45, 7) is 11.3. The fourth-order valence-electron chi connectivity index (χ4n) is 4.91. The second kappa shape index (κ2) is 13.1. The van der Waals surface area contributed by atoms with Crippen molar-refractivity contribution in [1.82, 2.24) is 19.6 Å². The van der Waals surface area contributed by atoms with Gasteiger partial charge in [-0.2, -0.15) is 4.98 Å². The van der Waals surface area contributed by atoms with Crippen LogP contribution in [0.5, 0.6) is 5.75 Å². The van der Waals surface area contributed by atoms with Crippen LogP contribution in [0.1, 0.15) is 39.2 Å². The molecule has 1 aliphatic heterocycles. The number of hydrogen-bond acceptors (Lipinski definition) is 8. The number of aromatic nitrogens is 2. The van der Waals surface area contributed by atoms with Crippen molar-refractivity contribution >= 4 is 33.2 Å². The number of nitrogens with one attached hydrogen (secondary N) is 3. The number of likely N-dealkylation sites (tertiary alicyclic amines) is 1. The number of nitrogens with zero attached hydrogens (tertiary/aromatic N) is 3. The van der Waals surface area contributed by atoms with Crippen LogP contribution in [0, 0.1) is 6.92 Å². The quantitative estimate of drug-likeness (QED) is 0.179. The average molecular weight is 601 g/mol. The van der Waals surface area contributed by atoms with Crippen molar-refractivity contribution < 1.29 is 13.2 Å². The van der Waals surface area contributed by atoms with Crippen LogP contribution in [0.15, 0.2) is 83.9 Å². The fraction of sp³-hybridized carbons (Fsp3) is 0.333. The summed E-state index contributed by atoms with van der Waals surface area (Å²) in [4.78, 5) is 11.7. The Hall–Kier alpha value is -3.99. The van der Waals surface area contributed by atoms with Gasteiger partial charge in [-0.3, -0.25) is 4.90 Å². The Morgan fingerprint density at radius 1 is 0.884 bits per heavy atom. The van der Waals surface area contributed by atoms with Gasteiger partial charge in [0.25, 0.3) is 0 Å². The molecule has 0 bridgehead atoms. The maximum atomic E-state index is 13.3. The van der Waals surface area contributed by atoms with Crippen molar-refractivity contribution in [1.29, 1.82) is 0 Å². The molecular weight excluding hydrogens is 560 g/mol. The highest BCUT2D eigenvalue weighted by atomic mass is 32.2. The smallest absolute Gasteiger partial charge is 0.241 e. The van der Waals surface area contributed by atoms with Gasteiger partial charge < -0.3 is 15.4 Å². The summed E-state index contributed by atoms with van der Waals surface area (Å²) in [6.07, 6.45) is 4.28. The number of ether oxygens (including phenoxy) is 1. The molecule has 1 saturated heterocycles. The molecule has 0 unspecified atom stereocenters. The SMILES string of the molecule is Cc1cnc(Nc2ccc(OCCN3CCCC3)cc2)nc1Nc1cc(-c2ccccc2)cc(S(=O)(=O)NC(C)(C)C)c1. The first kappa shape index (κ1) is 30.5. The summed E-state index contributed by atoms with van der Waals surface area (Å²) in [7, 11) is -3.78. The lowest BCUT2D eigenvalue weighted by molar-refractivity contribution is 0.238. The van der Waals surface area contributed by atoms with Gasteiger partial charge in [-0.15, -0.1) is 0 Å². The Kier molecular flexibility index (Phi) is 9.29. The van der Waals surface area contributed by atoms with E-state index in [9.17, 15) is 8.42 Å². The van der Waals surface area contributed by atoms with E-state index in [1.807, 2.05) is 88.4 Å². The molecule has 226 valence electrons. The maximum absolute atomic E-state index is 13.3. The van der Waals surface area contributed by atoms with Gasteiger partial charge in [-0.1, -0.05) is 30.3 Å². The van der Waals surface area contributed by atoms with Gasteiger partial charge in [0.15, 0.2) is 0 Å². The molecule has 1 aromatic heterocycles. The molecule has 3 aromatic carbocycles. The Morgan fingerprint density at radius 2 is 1.60 bits per heavy atom. The number of hydrogen-bond donors (Lipinski definition) is 3. The van der Waals surface area contributed by atoms with Crippen LogP contribution < -0.4 is 20.1 Å². The number of anilines is 4. The Morgan fingerprint density at radius 3 is 2.30 bits per heavy atom. The van der Waals surface area contributed by atoms with Gasteiger partial charge in [-0.05, 0) is 107 Å². The summed E-state index contributed by atoms with van der Waals surface area (Å²) in [6, 6.07) is 22.7.